The van der Waals surface area contributed by atoms with Gasteiger partial charge in [-0.25, -0.2) is 0 Å². The number of nitrogens with zero attached hydrogens (tertiary/aromatic N) is 2. The summed E-state index contributed by atoms with van der Waals surface area (Å²) in [6, 6.07) is 15.3. The zero-order valence-corrected chi connectivity index (χ0v) is 12.6. The molecule has 0 saturated carbocycles. The van der Waals surface area contributed by atoms with Crippen LogP contribution in [0.1, 0.15) is 0 Å². The van der Waals surface area contributed by atoms with Crippen molar-refractivity contribution in [2.24, 2.45) is 0 Å². The minimum absolute atomic E-state index is 0.430. The first-order chi connectivity index (χ1) is 9.24. The number of hydrogen-bond acceptors (Lipinski definition) is 3. The van der Waals surface area contributed by atoms with Crippen LogP contribution < -0.4 is 0 Å². The highest BCUT2D eigenvalue weighted by atomic mass is 127. The number of aromatic nitrogens is 2. The fourth-order valence-electron chi connectivity index (χ4n) is 1.70. The molecule has 5 heteroatoms. The Bertz CT molecular complexity index is 727. The number of rotatable bonds is 2. The molecule has 0 saturated heterocycles. The van der Waals surface area contributed by atoms with Crippen LogP contribution in [0.4, 0.5) is 0 Å². The smallest absolute Gasteiger partial charge is 0.249 e. The van der Waals surface area contributed by atoms with Gasteiger partial charge in [0.05, 0.1) is 10.6 Å². The van der Waals surface area contributed by atoms with Crippen molar-refractivity contribution in [3.05, 3.63) is 57.1 Å². The molecule has 0 atom stereocenters. The lowest BCUT2D eigenvalue weighted by Gasteiger charge is -1.97. The van der Waals surface area contributed by atoms with Gasteiger partial charge in [0.15, 0.2) is 0 Å². The average molecular weight is 383 g/mol. The summed E-state index contributed by atoms with van der Waals surface area (Å²) in [6.07, 6.45) is 0. The van der Waals surface area contributed by atoms with Crippen molar-refractivity contribution >= 4 is 34.2 Å². The molecule has 94 valence electrons. The van der Waals surface area contributed by atoms with Gasteiger partial charge in [0.2, 0.25) is 11.8 Å². The zero-order valence-electron chi connectivity index (χ0n) is 9.68. The Hall–Kier alpha value is -1.40. The lowest BCUT2D eigenvalue weighted by molar-refractivity contribution is 0.584. The van der Waals surface area contributed by atoms with Crippen LogP contribution in [0.15, 0.2) is 52.9 Å². The molecule has 0 aliphatic rings. The van der Waals surface area contributed by atoms with E-state index in [1.54, 1.807) is 6.07 Å². The van der Waals surface area contributed by atoms with E-state index < -0.39 is 0 Å². The first-order valence-corrected chi connectivity index (χ1v) is 7.04. The third kappa shape index (κ3) is 2.64. The Morgan fingerprint density at radius 3 is 2.53 bits per heavy atom. The Morgan fingerprint density at radius 1 is 0.947 bits per heavy atom. The predicted octanol–water partition coefficient (Wildman–Crippen LogP) is 4.66. The molecule has 0 radical (unpaired) electrons. The van der Waals surface area contributed by atoms with Crippen LogP contribution in [0.2, 0.25) is 5.02 Å². The second kappa shape index (κ2) is 5.30. The Kier molecular flexibility index (Phi) is 3.52. The molecule has 0 N–H and O–H groups in total. The van der Waals surface area contributed by atoms with Crippen LogP contribution in [-0.2, 0) is 0 Å². The van der Waals surface area contributed by atoms with Crippen molar-refractivity contribution in [1.82, 2.24) is 10.2 Å². The lowest BCUT2D eigenvalue weighted by atomic mass is 10.2. The van der Waals surface area contributed by atoms with E-state index in [1.165, 1.54) is 0 Å². The summed E-state index contributed by atoms with van der Waals surface area (Å²) < 4.78 is 6.80. The fraction of sp³-hybridized carbons (Fsp3) is 0. The van der Waals surface area contributed by atoms with E-state index in [2.05, 4.69) is 32.8 Å². The molecular formula is C14H8ClIN2O. The maximum absolute atomic E-state index is 6.11. The van der Waals surface area contributed by atoms with E-state index in [0.29, 0.717) is 16.8 Å². The molecule has 1 heterocycles. The monoisotopic (exact) mass is 382 g/mol. The molecular weight excluding hydrogens is 375 g/mol. The third-order valence-electron chi connectivity index (χ3n) is 2.60. The van der Waals surface area contributed by atoms with Gasteiger partial charge in [0.25, 0.3) is 0 Å². The lowest BCUT2D eigenvalue weighted by Crippen LogP contribution is -1.78. The normalized spacial score (nSPS) is 10.6. The van der Waals surface area contributed by atoms with E-state index in [9.17, 15) is 0 Å². The van der Waals surface area contributed by atoms with Crippen molar-refractivity contribution in [3.63, 3.8) is 0 Å². The SMILES string of the molecule is Clc1ccccc1-c1nnc(-c2cccc(I)c2)o1. The van der Waals surface area contributed by atoms with Crippen LogP contribution in [0.3, 0.4) is 0 Å². The predicted molar refractivity (Wildman–Crippen MR) is 82.9 cm³/mol. The van der Waals surface area contributed by atoms with E-state index in [-0.39, 0.29) is 0 Å². The van der Waals surface area contributed by atoms with Gasteiger partial charge in [0.1, 0.15) is 0 Å². The number of benzene rings is 2. The highest BCUT2D eigenvalue weighted by Gasteiger charge is 2.12. The van der Waals surface area contributed by atoms with Crippen LogP contribution in [0.25, 0.3) is 22.9 Å². The van der Waals surface area contributed by atoms with Crippen LogP contribution >= 0.6 is 34.2 Å². The highest BCUT2D eigenvalue weighted by Crippen LogP contribution is 2.29. The molecule has 0 unspecified atom stereocenters. The molecule has 0 spiro atoms. The van der Waals surface area contributed by atoms with Crippen molar-refractivity contribution in [3.8, 4) is 22.9 Å². The van der Waals surface area contributed by atoms with Gasteiger partial charge in [-0.2, -0.15) is 0 Å². The second-order valence-electron chi connectivity index (χ2n) is 3.90. The Labute approximate surface area is 128 Å². The zero-order chi connectivity index (χ0) is 13.2. The molecule has 2 aromatic carbocycles. The van der Waals surface area contributed by atoms with Crippen LogP contribution in [-0.4, -0.2) is 10.2 Å². The maximum atomic E-state index is 6.11. The highest BCUT2D eigenvalue weighted by molar-refractivity contribution is 14.1. The first kappa shape index (κ1) is 12.6. The third-order valence-corrected chi connectivity index (χ3v) is 3.60. The van der Waals surface area contributed by atoms with Crippen molar-refractivity contribution < 1.29 is 4.42 Å². The molecule has 1 aromatic heterocycles. The molecule has 3 rings (SSSR count). The van der Waals surface area contributed by atoms with Crippen molar-refractivity contribution in [2.45, 2.75) is 0 Å². The summed E-state index contributed by atoms with van der Waals surface area (Å²) >= 11 is 8.36. The van der Waals surface area contributed by atoms with Gasteiger partial charge in [0, 0.05) is 9.13 Å². The molecule has 0 aliphatic carbocycles. The topological polar surface area (TPSA) is 38.9 Å². The summed E-state index contributed by atoms with van der Waals surface area (Å²) in [6.45, 7) is 0. The second-order valence-corrected chi connectivity index (χ2v) is 5.56. The fourth-order valence-corrected chi connectivity index (χ4v) is 2.46. The van der Waals surface area contributed by atoms with Gasteiger partial charge in [-0.1, -0.05) is 29.8 Å². The quantitative estimate of drug-likeness (QED) is 0.605. The minimum atomic E-state index is 0.430. The molecule has 0 bridgehead atoms. The maximum Gasteiger partial charge on any atom is 0.249 e. The summed E-state index contributed by atoms with van der Waals surface area (Å²) in [5.74, 6) is 0.924. The van der Waals surface area contributed by atoms with Crippen LogP contribution in [0.5, 0.6) is 0 Å². The number of halogens is 2. The van der Waals surface area contributed by atoms with E-state index in [0.717, 1.165) is 14.7 Å². The standard InChI is InChI=1S/C14H8ClIN2O/c15-12-7-2-1-6-11(12)14-18-17-13(19-14)9-4-3-5-10(16)8-9/h1-8H. The Balaban J connectivity index is 2.03. The summed E-state index contributed by atoms with van der Waals surface area (Å²) in [4.78, 5) is 0. The van der Waals surface area contributed by atoms with Crippen molar-refractivity contribution in [2.75, 3.05) is 0 Å². The van der Waals surface area contributed by atoms with Crippen molar-refractivity contribution in [1.29, 1.82) is 0 Å². The molecule has 0 fully saturated rings. The first-order valence-electron chi connectivity index (χ1n) is 5.58. The number of hydrogen-bond donors (Lipinski definition) is 0. The van der Waals surface area contributed by atoms with E-state index in [4.69, 9.17) is 16.0 Å². The van der Waals surface area contributed by atoms with E-state index >= 15 is 0 Å². The van der Waals surface area contributed by atoms with Gasteiger partial charge >= 0.3 is 0 Å². The summed E-state index contributed by atoms with van der Waals surface area (Å²) in [5, 5.41) is 8.71. The van der Waals surface area contributed by atoms with Gasteiger partial charge < -0.3 is 4.42 Å². The Morgan fingerprint density at radius 2 is 1.74 bits per heavy atom. The minimum Gasteiger partial charge on any atom is -0.416 e. The summed E-state index contributed by atoms with van der Waals surface area (Å²) in [7, 11) is 0. The van der Waals surface area contributed by atoms with Gasteiger partial charge in [-0.3, -0.25) is 0 Å². The molecule has 3 aromatic rings. The van der Waals surface area contributed by atoms with Gasteiger partial charge in [-0.05, 0) is 52.9 Å². The molecule has 19 heavy (non-hydrogen) atoms. The summed E-state index contributed by atoms with van der Waals surface area (Å²) in [5.41, 5.74) is 1.64. The van der Waals surface area contributed by atoms with Gasteiger partial charge in [-0.15, -0.1) is 10.2 Å². The molecule has 0 amide bonds. The molecule has 3 nitrogen and oxygen atoms in total. The molecule has 0 aliphatic heterocycles. The van der Waals surface area contributed by atoms with E-state index in [1.807, 2.05) is 42.5 Å². The van der Waals surface area contributed by atoms with Crippen LogP contribution in [0, 0.1) is 3.57 Å². The average Bonchev–Trinajstić information content (AvgIpc) is 2.89. The largest absolute Gasteiger partial charge is 0.416 e.